The van der Waals surface area contributed by atoms with Gasteiger partial charge in [-0.3, -0.25) is 14.1 Å². The number of hydrogen-bond donors (Lipinski definition) is 1. The molecular weight excluding hydrogens is 388 g/mol. The van der Waals surface area contributed by atoms with Crippen molar-refractivity contribution in [3.63, 3.8) is 0 Å². The standard InChI is InChI=1S/C25H20N4O2/c30-23-12-9-17(14-27-23)24-19-6-2-1-5-16(19)13-26-20(24)15-28-21-7-3-4-8-22(21)29(25(28)31)18-10-11-18/h1-9,12-14,18H,10-11,15H2,(H,27,30). The van der Waals surface area contributed by atoms with E-state index in [0.29, 0.717) is 12.6 Å². The zero-order chi connectivity index (χ0) is 20.9. The third-order valence-electron chi connectivity index (χ3n) is 6.00. The normalized spacial score (nSPS) is 13.8. The highest BCUT2D eigenvalue weighted by Crippen LogP contribution is 2.37. The van der Waals surface area contributed by atoms with Crippen LogP contribution in [0.5, 0.6) is 5.88 Å². The first-order chi connectivity index (χ1) is 15.2. The number of imidazole rings is 1. The Balaban J connectivity index is 1.58. The van der Waals surface area contributed by atoms with Gasteiger partial charge in [0, 0.05) is 41.0 Å². The van der Waals surface area contributed by atoms with Crippen LogP contribution in [0.25, 0.3) is 32.9 Å². The smallest absolute Gasteiger partial charge is 0.329 e. The Kier molecular flexibility index (Phi) is 3.93. The summed E-state index contributed by atoms with van der Waals surface area (Å²) in [5.74, 6) is -0.0257. The van der Waals surface area contributed by atoms with Crippen LogP contribution in [0, 0.1) is 0 Å². The molecule has 6 nitrogen and oxygen atoms in total. The molecule has 0 amide bonds. The number of fused-ring (bicyclic) bond motifs is 2. The fraction of sp³-hybridized carbons (Fsp3) is 0.160. The summed E-state index contributed by atoms with van der Waals surface area (Å²) in [5.41, 5.74) is 4.49. The highest BCUT2D eigenvalue weighted by Gasteiger charge is 2.29. The summed E-state index contributed by atoms with van der Waals surface area (Å²) in [4.78, 5) is 22.2. The summed E-state index contributed by atoms with van der Waals surface area (Å²) in [6, 6.07) is 19.7. The van der Waals surface area contributed by atoms with Crippen molar-refractivity contribution in [2.45, 2.75) is 25.4 Å². The number of para-hydroxylation sites is 2. The molecular formula is C25H20N4O2. The number of nitrogens with zero attached hydrogens (tertiary/aromatic N) is 4. The number of aromatic hydroxyl groups is 1. The van der Waals surface area contributed by atoms with Crippen molar-refractivity contribution in [3.05, 3.63) is 89.2 Å². The number of benzene rings is 2. The quantitative estimate of drug-likeness (QED) is 0.475. The SMILES string of the molecule is O=c1n(Cc2ncc3ccccc3c2-c2ccc(O)nc2)c2ccccc2n1C1CC1. The fourth-order valence-electron chi connectivity index (χ4n) is 4.40. The Bertz CT molecular complexity index is 1490. The van der Waals surface area contributed by atoms with Crippen molar-refractivity contribution in [2.24, 2.45) is 0 Å². The number of pyridine rings is 2. The van der Waals surface area contributed by atoms with Crippen LogP contribution in [-0.2, 0) is 6.54 Å². The molecule has 3 heterocycles. The molecule has 1 fully saturated rings. The molecule has 6 heteroatoms. The summed E-state index contributed by atoms with van der Waals surface area (Å²) < 4.78 is 3.75. The zero-order valence-electron chi connectivity index (χ0n) is 16.8. The molecule has 0 unspecified atom stereocenters. The van der Waals surface area contributed by atoms with Gasteiger partial charge in [0.25, 0.3) is 0 Å². The maximum atomic E-state index is 13.4. The maximum Gasteiger partial charge on any atom is 0.329 e. The lowest BCUT2D eigenvalue weighted by Crippen LogP contribution is -2.24. The van der Waals surface area contributed by atoms with Gasteiger partial charge in [-0.25, -0.2) is 9.78 Å². The average molecular weight is 408 g/mol. The zero-order valence-corrected chi connectivity index (χ0v) is 16.8. The van der Waals surface area contributed by atoms with E-state index in [1.165, 1.54) is 0 Å². The molecule has 0 bridgehead atoms. The van der Waals surface area contributed by atoms with Gasteiger partial charge in [0.2, 0.25) is 5.88 Å². The predicted octanol–water partition coefficient (Wildman–Crippen LogP) is 4.50. The molecule has 1 aliphatic carbocycles. The lowest BCUT2D eigenvalue weighted by atomic mass is 9.98. The molecule has 31 heavy (non-hydrogen) atoms. The number of hydrogen-bond acceptors (Lipinski definition) is 4. The Hall–Kier alpha value is -3.93. The minimum Gasteiger partial charge on any atom is -0.493 e. The van der Waals surface area contributed by atoms with Crippen molar-refractivity contribution < 1.29 is 5.11 Å². The van der Waals surface area contributed by atoms with E-state index in [1.807, 2.05) is 63.9 Å². The molecule has 1 saturated carbocycles. The van der Waals surface area contributed by atoms with Gasteiger partial charge in [-0.05, 0) is 36.4 Å². The van der Waals surface area contributed by atoms with Crippen LogP contribution in [0.4, 0.5) is 0 Å². The Morgan fingerprint density at radius 2 is 1.68 bits per heavy atom. The minimum absolute atomic E-state index is 0.00781. The Morgan fingerprint density at radius 3 is 2.45 bits per heavy atom. The summed E-state index contributed by atoms with van der Waals surface area (Å²) >= 11 is 0. The first-order valence-corrected chi connectivity index (χ1v) is 10.4. The Morgan fingerprint density at radius 1 is 0.903 bits per heavy atom. The van der Waals surface area contributed by atoms with E-state index in [2.05, 4.69) is 11.1 Å². The molecule has 1 aliphatic rings. The molecule has 3 aromatic heterocycles. The molecule has 5 aromatic rings. The Labute approximate surface area is 178 Å². The largest absolute Gasteiger partial charge is 0.493 e. The molecule has 0 aliphatic heterocycles. The van der Waals surface area contributed by atoms with Crippen LogP contribution < -0.4 is 5.69 Å². The van der Waals surface area contributed by atoms with Gasteiger partial charge in [0.1, 0.15) is 0 Å². The van der Waals surface area contributed by atoms with Crippen molar-refractivity contribution in [1.29, 1.82) is 0 Å². The second-order valence-corrected chi connectivity index (χ2v) is 8.03. The predicted molar refractivity (Wildman–Crippen MR) is 120 cm³/mol. The summed E-state index contributed by atoms with van der Waals surface area (Å²) in [6.07, 6.45) is 5.60. The maximum absolute atomic E-state index is 13.4. The monoisotopic (exact) mass is 408 g/mol. The third kappa shape index (κ3) is 2.91. The van der Waals surface area contributed by atoms with Crippen LogP contribution in [-0.4, -0.2) is 24.2 Å². The molecule has 152 valence electrons. The van der Waals surface area contributed by atoms with Gasteiger partial charge in [-0.2, -0.15) is 0 Å². The highest BCUT2D eigenvalue weighted by molar-refractivity contribution is 5.97. The molecule has 6 rings (SSSR count). The lowest BCUT2D eigenvalue weighted by molar-refractivity contribution is 0.453. The van der Waals surface area contributed by atoms with Gasteiger partial charge in [0.15, 0.2) is 0 Å². The van der Waals surface area contributed by atoms with Crippen LogP contribution >= 0.6 is 0 Å². The minimum atomic E-state index is -0.0257. The number of rotatable bonds is 4. The van der Waals surface area contributed by atoms with Crippen molar-refractivity contribution in [1.82, 2.24) is 19.1 Å². The molecule has 0 spiro atoms. The van der Waals surface area contributed by atoms with Crippen LogP contribution in [0.3, 0.4) is 0 Å². The van der Waals surface area contributed by atoms with Crippen molar-refractivity contribution in [3.8, 4) is 17.0 Å². The van der Waals surface area contributed by atoms with Crippen molar-refractivity contribution >= 4 is 21.8 Å². The highest BCUT2D eigenvalue weighted by atomic mass is 16.3. The molecule has 1 N–H and O–H groups in total. The van der Waals surface area contributed by atoms with E-state index < -0.39 is 0 Å². The van der Waals surface area contributed by atoms with Gasteiger partial charge in [-0.1, -0.05) is 36.4 Å². The van der Waals surface area contributed by atoms with E-state index in [4.69, 9.17) is 4.98 Å². The lowest BCUT2D eigenvalue weighted by Gasteiger charge is -2.13. The van der Waals surface area contributed by atoms with E-state index >= 15 is 0 Å². The van der Waals surface area contributed by atoms with Crippen molar-refractivity contribution in [2.75, 3.05) is 0 Å². The van der Waals surface area contributed by atoms with Gasteiger partial charge < -0.3 is 5.11 Å². The molecule has 2 aromatic carbocycles. The first-order valence-electron chi connectivity index (χ1n) is 10.4. The summed E-state index contributed by atoms with van der Waals surface area (Å²) in [5, 5.41) is 11.7. The van der Waals surface area contributed by atoms with Gasteiger partial charge in [0.05, 0.1) is 23.3 Å². The van der Waals surface area contributed by atoms with E-state index in [1.54, 1.807) is 12.3 Å². The van der Waals surface area contributed by atoms with Crippen LogP contribution in [0.1, 0.15) is 24.6 Å². The summed E-state index contributed by atoms with van der Waals surface area (Å²) in [7, 11) is 0. The topological polar surface area (TPSA) is 72.9 Å². The van der Waals surface area contributed by atoms with Gasteiger partial charge in [-0.15, -0.1) is 0 Å². The summed E-state index contributed by atoms with van der Waals surface area (Å²) in [6.45, 7) is 0.361. The second kappa shape index (κ2) is 6.80. The average Bonchev–Trinajstić information content (AvgIpc) is 3.59. The van der Waals surface area contributed by atoms with Crippen LogP contribution in [0.2, 0.25) is 0 Å². The third-order valence-corrected chi connectivity index (χ3v) is 6.00. The molecule has 0 saturated heterocycles. The van der Waals surface area contributed by atoms with E-state index in [9.17, 15) is 9.90 Å². The second-order valence-electron chi connectivity index (χ2n) is 8.03. The fourth-order valence-corrected chi connectivity index (χ4v) is 4.40. The first kappa shape index (κ1) is 17.9. The van der Waals surface area contributed by atoms with Crippen LogP contribution in [0.15, 0.2) is 77.9 Å². The molecule has 0 atom stereocenters. The molecule has 0 radical (unpaired) electrons. The van der Waals surface area contributed by atoms with Gasteiger partial charge >= 0.3 is 5.69 Å². The van der Waals surface area contributed by atoms with E-state index in [0.717, 1.165) is 51.5 Å². The van der Waals surface area contributed by atoms with E-state index in [-0.39, 0.29) is 11.6 Å². The number of aromatic nitrogens is 4.